The van der Waals surface area contributed by atoms with Crippen LogP contribution in [0, 0.1) is 0 Å². The summed E-state index contributed by atoms with van der Waals surface area (Å²) in [7, 11) is 0. The first-order valence-corrected chi connectivity index (χ1v) is 14.8. The van der Waals surface area contributed by atoms with Gasteiger partial charge in [0.1, 0.15) is 0 Å². The van der Waals surface area contributed by atoms with Gasteiger partial charge in [-0.2, -0.15) is 0 Å². The number of pyridine rings is 2. The summed E-state index contributed by atoms with van der Waals surface area (Å²) >= 11 is 4.05. The van der Waals surface area contributed by atoms with E-state index in [4.69, 9.17) is 9.97 Å². The number of aryl methyl sites for hydroxylation is 1. The molecular formula is C35H27BrN4. The molecule has 1 unspecified atom stereocenters. The van der Waals surface area contributed by atoms with E-state index in [1.54, 1.807) is 0 Å². The molecule has 4 nitrogen and oxygen atoms in total. The Morgan fingerprint density at radius 2 is 1.07 bits per heavy atom. The minimum Gasteiger partial charge on any atom is -0.339 e. The standard InChI is InChI=1S/C35H27BrN4/c36-25(22-40-31-18-8-4-14-27(31)35-33(40)21-24-11-2-6-16-29(24)38-35)12-9-19-39-30-17-7-3-13-26(30)34-32(39)20-23-10-1-5-15-28(23)37-34/h1-8,10-11,13-18,20-21,25H,9,12,19,22H2. The van der Waals surface area contributed by atoms with E-state index in [0.29, 0.717) is 4.83 Å². The first-order valence-electron chi connectivity index (χ1n) is 13.9. The number of hydrogen-bond donors (Lipinski definition) is 0. The summed E-state index contributed by atoms with van der Waals surface area (Å²) in [6.45, 7) is 1.84. The molecule has 0 spiro atoms. The Morgan fingerprint density at radius 1 is 0.575 bits per heavy atom. The number of nitrogens with zero attached hydrogens (tertiary/aromatic N) is 4. The zero-order chi connectivity index (χ0) is 26.6. The number of hydrogen-bond acceptors (Lipinski definition) is 2. The molecule has 40 heavy (non-hydrogen) atoms. The van der Waals surface area contributed by atoms with E-state index in [-0.39, 0.29) is 0 Å². The van der Waals surface area contributed by atoms with Crippen molar-refractivity contribution in [3.05, 3.63) is 109 Å². The summed E-state index contributed by atoms with van der Waals surface area (Å²) < 4.78 is 4.90. The average Bonchev–Trinajstić information content (AvgIpc) is 3.46. The average molecular weight is 584 g/mol. The van der Waals surface area contributed by atoms with Crippen LogP contribution >= 0.6 is 15.9 Å². The van der Waals surface area contributed by atoms with Crippen LogP contribution in [0.2, 0.25) is 0 Å². The monoisotopic (exact) mass is 582 g/mol. The molecule has 1 atom stereocenters. The lowest BCUT2D eigenvalue weighted by Gasteiger charge is -2.15. The highest BCUT2D eigenvalue weighted by Gasteiger charge is 2.17. The maximum atomic E-state index is 5.06. The van der Waals surface area contributed by atoms with Gasteiger partial charge >= 0.3 is 0 Å². The van der Waals surface area contributed by atoms with Crippen molar-refractivity contribution in [3.63, 3.8) is 0 Å². The summed E-state index contributed by atoms with van der Waals surface area (Å²) in [5.41, 5.74) is 9.18. The zero-order valence-electron chi connectivity index (χ0n) is 22.0. The molecule has 0 bridgehead atoms. The predicted octanol–water partition coefficient (Wildman–Crippen LogP) is 9.24. The van der Waals surface area contributed by atoms with Gasteiger partial charge in [-0.05, 0) is 49.2 Å². The van der Waals surface area contributed by atoms with Gasteiger partial charge in [0.2, 0.25) is 0 Å². The fraction of sp³-hybridized carbons (Fsp3) is 0.143. The van der Waals surface area contributed by atoms with E-state index < -0.39 is 0 Å². The first kappa shape index (κ1) is 23.6. The van der Waals surface area contributed by atoms with Crippen LogP contribution < -0.4 is 0 Å². The molecule has 0 radical (unpaired) electrons. The van der Waals surface area contributed by atoms with Gasteiger partial charge in [-0.1, -0.05) is 88.7 Å². The molecule has 8 aromatic rings. The zero-order valence-corrected chi connectivity index (χ0v) is 23.6. The van der Waals surface area contributed by atoms with Gasteiger partial charge in [-0.15, -0.1) is 0 Å². The normalized spacial score (nSPS) is 12.9. The van der Waals surface area contributed by atoms with Gasteiger partial charge in [0.25, 0.3) is 0 Å². The third-order valence-electron chi connectivity index (χ3n) is 8.17. The molecule has 4 heterocycles. The molecule has 0 saturated carbocycles. The van der Waals surface area contributed by atoms with Crippen molar-refractivity contribution in [2.45, 2.75) is 30.8 Å². The Kier molecular flexibility index (Phi) is 5.59. The van der Waals surface area contributed by atoms with Gasteiger partial charge in [-0.3, -0.25) is 0 Å². The number of benzene rings is 4. The number of rotatable bonds is 6. The molecule has 0 aliphatic heterocycles. The van der Waals surface area contributed by atoms with Crippen molar-refractivity contribution >= 4 is 81.6 Å². The van der Waals surface area contributed by atoms with E-state index in [2.05, 4.69) is 134 Å². The second-order valence-corrected chi connectivity index (χ2v) is 11.9. The molecule has 0 saturated heterocycles. The molecular weight excluding hydrogens is 556 g/mol. The third kappa shape index (κ3) is 3.80. The van der Waals surface area contributed by atoms with Crippen LogP contribution in [0.1, 0.15) is 12.8 Å². The maximum absolute atomic E-state index is 5.06. The van der Waals surface area contributed by atoms with E-state index >= 15 is 0 Å². The Labute approximate surface area is 240 Å². The number of aromatic nitrogens is 4. The molecule has 0 aliphatic carbocycles. The van der Waals surface area contributed by atoms with E-state index in [1.807, 2.05) is 0 Å². The van der Waals surface area contributed by atoms with Crippen molar-refractivity contribution in [2.75, 3.05) is 0 Å². The molecule has 194 valence electrons. The molecule has 5 heteroatoms. The summed E-state index contributed by atoms with van der Waals surface area (Å²) in [5.74, 6) is 0. The number of alkyl halides is 1. The second-order valence-electron chi connectivity index (χ2n) is 10.6. The topological polar surface area (TPSA) is 35.6 Å². The molecule has 4 aromatic heterocycles. The van der Waals surface area contributed by atoms with Crippen LogP contribution in [0.15, 0.2) is 109 Å². The molecule has 0 aliphatic rings. The smallest absolute Gasteiger partial charge is 0.0967 e. The molecule has 0 amide bonds. The summed E-state index contributed by atoms with van der Waals surface area (Å²) in [6, 6.07) is 38.7. The van der Waals surface area contributed by atoms with Crippen LogP contribution in [0.5, 0.6) is 0 Å². The maximum Gasteiger partial charge on any atom is 0.0967 e. The van der Waals surface area contributed by atoms with E-state index in [1.165, 1.54) is 43.6 Å². The molecule has 0 fully saturated rings. The largest absolute Gasteiger partial charge is 0.339 e. The van der Waals surface area contributed by atoms with Crippen molar-refractivity contribution < 1.29 is 0 Å². The van der Waals surface area contributed by atoms with Gasteiger partial charge in [0, 0.05) is 39.5 Å². The van der Waals surface area contributed by atoms with Crippen molar-refractivity contribution in [2.24, 2.45) is 0 Å². The second kappa shape index (κ2) is 9.46. The van der Waals surface area contributed by atoms with Crippen molar-refractivity contribution in [1.29, 1.82) is 0 Å². The predicted molar refractivity (Wildman–Crippen MR) is 171 cm³/mol. The molecule has 4 aromatic carbocycles. The van der Waals surface area contributed by atoms with Crippen LogP contribution in [-0.4, -0.2) is 23.9 Å². The van der Waals surface area contributed by atoms with E-state index in [9.17, 15) is 0 Å². The van der Waals surface area contributed by atoms with Gasteiger partial charge < -0.3 is 9.13 Å². The Bertz CT molecular complexity index is 2210. The van der Waals surface area contributed by atoms with Crippen molar-refractivity contribution in [1.82, 2.24) is 19.1 Å². The highest BCUT2D eigenvalue weighted by Crippen LogP contribution is 2.33. The number of halogens is 1. The summed E-state index contributed by atoms with van der Waals surface area (Å²) in [5, 5.41) is 4.80. The minimum absolute atomic E-state index is 0.338. The highest BCUT2D eigenvalue weighted by atomic mass is 79.9. The Hall–Kier alpha value is -4.22. The van der Waals surface area contributed by atoms with Crippen LogP contribution in [0.3, 0.4) is 0 Å². The molecule has 0 N–H and O–H groups in total. The van der Waals surface area contributed by atoms with Gasteiger partial charge in [-0.25, -0.2) is 9.97 Å². The Morgan fingerprint density at radius 3 is 1.70 bits per heavy atom. The lowest BCUT2D eigenvalue weighted by atomic mass is 10.2. The van der Waals surface area contributed by atoms with Crippen LogP contribution in [0.25, 0.3) is 65.7 Å². The Balaban J connectivity index is 1.11. The fourth-order valence-electron chi connectivity index (χ4n) is 6.29. The first-order chi connectivity index (χ1) is 19.7. The summed E-state index contributed by atoms with van der Waals surface area (Å²) in [6.07, 6.45) is 2.12. The van der Waals surface area contributed by atoms with Crippen LogP contribution in [-0.2, 0) is 13.1 Å². The SMILES string of the molecule is BrC(CCCn1c2ccccc2c2nc3ccccc3cc21)Cn1c2ccccc2c2nc3ccccc3cc21. The third-order valence-corrected chi connectivity index (χ3v) is 8.92. The molecule has 8 rings (SSSR count). The van der Waals surface area contributed by atoms with Gasteiger partial charge in [0.15, 0.2) is 0 Å². The van der Waals surface area contributed by atoms with Crippen LogP contribution in [0.4, 0.5) is 0 Å². The number of para-hydroxylation sites is 4. The highest BCUT2D eigenvalue weighted by molar-refractivity contribution is 9.09. The van der Waals surface area contributed by atoms with E-state index in [0.717, 1.165) is 48.0 Å². The minimum atomic E-state index is 0.338. The van der Waals surface area contributed by atoms with Gasteiger partial charge in [0.05, 0.1) is 44.1 Å². The quantitative estimate of drug-likeness (QED) is 0.183. The fourth-order valence-corrected chi connectivity index (χ4v) is 6.91. The summed E-state index contributed by atoms with van der Waals surface area (Å²) in [4.78, 5) is 10.5. The number of fused-ring (bicyclic) bond motifs is 8. The van der Waals surface area contributed by atoms with Crippen molar-refractivity contribution in [3.8, 4) is 0 Å². The lowest BCUT2D eigenvalue weighted by Crippen LogP contribution is -2.11. The lowest BCUT2D eigenvalue weighted by molar-refractivity contribution is 0.587.